The average Bonchev–Trinajstić information content (AvgIpc) is 2.25. The molecule has 0 unspecified atom stereocenters. The highest BCUT2D eigenvalue weighted by Gasteiger charge is 1.92. The molecule has 1 aromatic rings. The van der Waals surface area contributed by atoms with E-state index >= 15 is 0 Å². The highest BCUT2D eigenvalue weighted by atomic mass is 14.0. The van der Waals surface area contributed by atoms with Gasteiger partial charge in [-0.1, -0.05) is 42.5 Å². The lowest BCUT2D eigenvalue weighted by molar-refractivity contribution is 0.870. The van der Waals surface area contributed by atoms with Crippen molar-refractivity contribution in [3.63, 3.8) is 0 Å². The van der Waals surface area contributed by atoms with Crippen molar-refractivity contribution in [1.82, 2.24) is 0 Å². The van der Waals surface area contributed by atoms with Crippen LogP contribution in [0.1, 0.15) is 31.7 Å². The van der Waals surface area contributed by atoms with Crippen LogP contribution in [0.3, 0.4) is 0 Å². The third kappa shape index (κ3) is 3.61. The Bertz CT molecular complexity index is 293. The second-order valence-corrected chi connectivity index (χ2v) is 3.47. The molecule has 0 fully saturated rings. The Morgan fingerprint density at radius 2 is 1.93 bits per heavy atom. The minimum atomic E-state index is 1.11. The van der Waals surface area contributed by atoms with Crippen LogP contribution in [0.2, 0.25) is 0 Å². The molecule has 0 aliphatic rings. The van der Waals surface area contributed by atoms with Crippen molar-refractivity contribution >= 4 is 5.57 Å². The van der Waals surface area contributed by atoms with Gasteiger partial charge in [0.15, 0.2) is 0 Å². The third-order valence-corrected chi connectivity index (χ3v) is 2.29. The smallest absolute Gasteiger partial charge is 0.0231 e. The normalized spacial score (nSPS) is 11.4. The lowest BCUT2D eigenvalue weighted by Gasteiger charge is -2.00. The Labute approximate surface area is 87.0 Å². The summed E-state index contributed by atoms with van der Waals surface area (Å²) < 4.78 is 0. The standard InChI is InChI=1S/C14H18/c1-3-4-5-7-10-13(2)14-11-8-6-9-12-14/h3,6,8-12H,1,4-5,7H2,2H3/b13-10+. The molecule has 0 aliphatic heterocycles. The molecule has 0 bridgehead atoms. The second-order valence-electron chi connectivity index (χ2n) is 3.47. The number of benzene rings is 1. The second kappa shape index (κ2) is 6.20. The van der Waals surface area contributed by atoms with Gasteiger partial charge in [0.05, 0.1) is 0 Å². The maximum absolute atomic E-state index is 3.71. The summed E-state index contributed by atoms with van der Waals surface area (Å²) in [4.78, 5) is 0. The topological polar surface area (TPSA) is 0 Å². The molecule has 0 saturated carbocycles. The summed E-state index contributed by atoms with van der Waals surface area (Å²) in [5.41, 5.74) is 2.70. The first-order chi connectivity index (χ1) is 6.84. The van der Waals surface area contributed by atoms with Crippen molar-refractivity contribution in [1.29, 1.82) is 0 Å². The molecule has 0 heteroatoms. The van der Waals surface area contributed by atoms with Crippen LogP contribution in [-0.4, -0.2) is 0 Å². The van der Waals surface area contributed by atoms with Crippen molar-refractivity contribution in [2.24, 2.45) is 0 Å². The zero-order valence-corrected chi connectivity index (χ0v) is 8.87. The molecule has 14 heavy (non-hydrogen) atoms. The largest absolute Gasteiger partial charge is 0.103 e. The monoisotopic (exact) mass is 186 g/mol. The van der Waals surface area contributed by atoms with Gasteiger partial charge in [0, 0.05) is 0 Å². The maximum atomic E-state index is 3.71. The molecule has 0 aromatic heterocycles. The van der Waals surface area contributed by atoms with Crippen molar-refractivity contribution in [2.75, 3.05) is 0 Å². The molecule has 0 saturated heterocycles. The first-order valence-electron chi connectivity index (χ1n) is 5.17. The molecule has 1 rings (SSSR count). The highest BCUT2D eigenvalue weighted by Crippen LogP contribution is 2.14. The average molecular weight is 186 g/mol. The Kier molecular flexibility index (Phi) is 4.77. The van der Waals surface area contributed by atoms with Crippen molar-refractivity contribution in [2.45, 2.75) is 26.2 Å². The third-order valence-electron chi connectivity index (χ3n) is 2.29. The van der Waals surface area contributed by atoms with E-state index in [1.807, 2.05) is 6.08 Å². The summed E-state index contributed by atoms with van der Waals surface area (Å²) >= 11 is 0. The summed E-state index contributed by atoms with van der Waals surface area (Å²) in [6, 6.07) is 10.5. The van der Waals surface area contributed by atoms with Crippen molar-refractivity contribution in [3.05, 3.63) is 54.6 Å². The zero-order chi connectivity index (χ0) is 10.2. The van der Waals surface area contributed by atoms with Crippen LogP contribution in [-0.2, 0) is 0 Å². The van der Waals surface area contributed by atoms with Gasteiger partial charge in [0.25, 0.3) is 0 Å². The van der Waals surface area contributed by atoms with E-state index in [0.29, 0.717) is 0 Å². The number of hydrogen-bond donors (Lipinski definition) is 0. The maximum Gasteiger partial charge on any atom is -0.0231 e. The van der Waals surface area contributed by atoms with Crippen LogP contribution in [0.15, 0.2) is 49.1 Å². The minimum absolute atomic E-state index is 1.11. The van der Waals surface area contributed by atoms with Gasteiger partial charge in [-0.3, -0.25) is 0 Å². The van der Waals surface area contributed by atoms with Gasteiger partial charge in [-0.15, -0.1) is 6.58 Å². The molecule has 0 atom stereocenters. The Balaban J connectivity index is 2.48. The number of unbranched alkanes of at least 4 members (excludes halogenated alkanes) is 2. The first kappa shape index (κ1) is 10.8. The molecule has 0 amide bonds. The molecule has 0 spiro atoms. The molecule has 74 valence electrons. The quantitative estimate of drug-likeness (QED) is 0.471. The Morgan fingerprint density at radius 3 is 2.57 bits per heavy atom. The van der Waals surface area contributed by atoms with Gasteiger partial charge in [-0.2, -0.15) is 0 Å². The predicted molar refractivity (Wildman–Crippen MR) is 64.1 cm³/mol. The fourth-order valence-corrected chi connectivity index (χ4v) is 1.40. The number of hydrogen-bond acceptors (Lipinski definition) is 0. The van der Waals surface area contributed by atoms with E-state index in [1.165, 1.54) is 17.6 Å². The number of rotatable bonds is 5. The number of allylic oxidation sites excluding steroid dienone is 3. The SMILES string of the molecule is C=CCCC/C=C(\C)c1ccccc1. The molecular weight excluding hydrogens is 168 g/mol. The summed E-state index contributed by atoms with van der Waals surface area (Å²) in [5, 5.41) is 0. The van der Waals surface area contributed by atoms with Crippen LogP contribution in [0, 0.1) is 0 Å². The van der Waals surface area contributed by atoms with Gasteiger partial charge in [0.1, 0.15) is 0 Å². The fourth-order valence-electron chi connectivity index (χ4n) is 1.40. The van der Waals surface area contributed by atoms with E-state index in [9.17, 15) is 0 Å². The molecule has 0 heterocycles. The Hall–Kier alpha value is -1.30. The van der Waals surface area contributed by atoms with E-state index in [2.05, 4.69) is 49.9 Å². The predicted octanol–water partition coefficient (Wildman–Crippen LogP) is 4.45. The molecule has 1 aromatic carbocycles. The van der Waals surface area contributed by atoms with Gasteiger partial charge in [-0.25, -0.2) is 0 Å². The highest BCUT2D eigenvalue weighted by molar-refractivity contribution is 5.63. The molecule has 0 aliphatic carbocycles. The molecule has 0 nitrogen and oxygen atoms in total. The van der Waals surface area contributed by atoms with E-state index in [0.717, 1.165) is 12.8 Å². The van der Waals surface area contributed by atoms with E-state index in [4.69, 9.17) is 0 Å². The lowest BCUT2D eigenvalue weighted by atomic mass is 10.1. The zero-order valence-electron chi connectivity index (χ0n) is 8.87. The lowest BCUT2D eigenvalue weighted by Crippen LogP contribution is -1.78. The summed E-state index contributed by atoms with van der Waals surface area (Å²) in [6.45, 7) is 5.88. The van der Waals surface area contributed by atoms with Crippen LogP contribution < -0.4 is 0 Å². The van der Waals surface area contributed by atoms with E-state index in [1.54, 1.807) is 0 Å². The Morgan fingerprint density at radius 1 is 1.21 bits per heavy atom. The van der Waals surface area contributed by atoms with Gasteiger partial charge >= 0.3 is 0 Å². The first-order valence-corrected chi connectivity index (χ1v) is 5.17. The van der Waals surface area contributed by atoms with Gasteiger partial charge < -0.3 is 0 Å². The molecule has 0 radical (unpaired) electrons. The fraction of sp³-hybridized carbons (Fsp3) is 0.286. The van der Waals surface area contributed by atoms with Crippen LogP contribution in [0.5, 0.6) is 0 Å². The summed E-state index contributed by atoms with van der Waals surface area (Å²) in [6.07, 6.45) is 7.74. The van der Waals surface area contributed by atoms with Crippen LogP contribution in [0.25, 0.3) is 5.57 Å². The molecule has 0 N–H and O–H groups in total. The van der Waals surface area contributed by atoms with E-state index < -0.39 is 0 Å². The van der Waals surface area contributed by atoms with Gasteiger partial charge in [0.2, 0.25) is 0 Å². The van der Waals surface area contributed by atoms with Gasteiger partial charge in [-0.05, 0) is 37.3 Å². The minimum Gasteiger partial charge on any atom is -0.103 e. The summed E-state index contributed by atoms with van der Waals surface area (Å²) in [7, 11) is 0. The summed E-state index contributed by atoms with van der Waals surface area (Å²) in [5.74, 6) is 0. The molecular formula is C14H18. The van der Waals surface area contributed by atoms with Crippen LogP contribution >= 0.6 is 0 Å². The van der Waals surface area contributed by atoms with E-state index in [-0.39, 0.29) is 0 Å². The van der Waals surface area contributed by atoms with Crippen molar-refractivity contribution < 1.29 is 0 Å². The van der Waals surface area contributed by atoms with Crippen molar-refractivity contribution in [3.8, 4) is 0 Å². The van der Waals surface area contributed by atoms with Crippen LogP contribution in [0.4, 0.5) is 0 Å².